The molecule has 1 unspecified atom stereocenters. The fourth-order valence-electron chi connectivity index (χ4n) is 6.55. The average molecular weight is 604 g/mol. The molecular formula is C32H53N5O4S. The second-order valence-corrected chi connectivity index (χ2v) is 14.6. The van der Waals surface area contributed by atoms with Crippen molar-refractivity contribution < 1.29 is 18.0 Å². The first kappa shape index (κ1) is 32.9. The molecule has 10 heteroatoms. The number of carbonyl (C=O) groups excluding carboxylic acids is 2. The SMILES string of the molecule is NC1CCN(S(=O)(=O)CCCCCCCCCCCCCCNc2cccc3c2CN(C2CCC(=O)NC2=O)C3)CC1. The van der Waals surface area contributed by atoms with Gasteiger partial charge in [-0.25, -0.2) is 12.7 Å². The van der Waals surface area contributed by atoms with E-state index in [1.807, 2.05) is 0 Å². The van der Waals surface area contributed by atoms with Gasteiger partial charge in [-0.2, -0.15) is 0 Å². The molecule has 3 heterocycles. The van der Waals surface area contributed by atoms with Crippen molar-refractivity contribution in [3.05, 3.63) is 29.3 Å². The number of piperidine rings is 2. The Labute approximate surface area is 253 Å². The van der Waals surface area contributed by atoms with Crippen molar-refractivity contribution >= 4 is 27.5 Å². The van der Waals surface area contributed by atoms with Gasteiger partial charge in [-0.15, -0.1) is 0 Å². The van der Waals surface area contributed by atoms with Gasteiger partial charge >= 0.3 is 0 Å². The first-order valence-electron chi connectivity index (χ1n) is 16.5. The van der Waals surface area contributed by atoms with Crippen molar-refractivity contribution in [3.8, 4) is 0 Å². The molecule has 1 aromatic rings. The summed E-state index contributed by atoms with van der Waals surface area (Å²) in [7, 11) is -3.10. The van der Waals surface area contributed by atoms with Crippen LogP contribution < -0.4 is 16.4 Å². The van der Waals surface area contributed by atoms with Crippen LogP contribution in [0.2, 0.25) is 0 Å². The summed E-state index contributed by atoms with van der Waals surface area (Å²) in [4.78, 5) is 26.0. The maximum Gasteiger partial charge on any atom is 0.243 e. The fourth-order valence-corrected chi connectivity index (χ4v) is 8.14. The van der Waals surface area contributed by atoms with Crippen molar-refractivity contribution in [1.29, 1.82) is 0 Å². The lowest BCUT2D eigenvalue weighted by Gasteiger charge is -2.29. The lowest BCUT2D eigenvalue weighted by Crippen LogP contribution is -2.50. The Bertz CT molecular complexity index is 1120. The Morgan fingerprint density at radius 3 is 2.10 bits per heavy atom. The highest BCUT2D eigenvalue weighted by atomic mass is 32.2. The number of nitrogens with two attached hydrogens (primary N) is 1. The molecule has 2 saturated heterocycles. The van der Waals surface area contributed by atoms with E-state index in [2.05, 4.69) is 33.7 Å². The van der Waals surface area contributed by atoms with Crippen LogP contribution in [0.4, 0.5) is 5.69 Å². The summed E-state index contributed by atoms with van der Waals surface area (Å²) in [6.07, 6.45) is 16.8. The van der Waals surface area contributed by atoms with E-state index in [-0.39, 0.29) is 29.7 Å². The number of nitrogens with zero attached hydrogens (tertiary/aromatic N) is 2. The van der Waals surface area contributed by atoms with Crippen LogP contribution in [0, 0.1) is 0 Å². The zero-order valence-electron chi connectivity index (χ0n) is 25.5. The van der Waals surface area contributed by atoms with Gasteiger partial charge < -0.3 is 11.1 Å². The van der Waals surface area contributed by atoms with Crippen LogP contribution in [0.15, 0.2) is 18.2 Å². The van der Waals surface area contributed by atoms with Crippen LogP contribution in [0.1, 0.15) is 114 Å². The highest BCUT2D eigenvalue weighted by molar-refractivity contribution is 7.89. The minimum Gasteiger partial charge on any atom is -0.385 e. The number of nitrogens with one attached hydrogen (secondary N) is 2. The largest absolute Gasteiger partial charge is 0.385 e. The maximum absolute atomic E-state index is 12.5. The molecule has 1 aromatic carbocycles. The Hall–Kier alpha value is -2.01. The number of fused-ring (bicyclic) bond motifs is 1. The maximum atomic E-state index is 12.5. The summed E-state index contributed by atoms with van der Waals surface area (Å²) >= 11 is 0. The summed E-state index contributed by atoms with van der Waals surface area (Å²) in [5, 5.41) is 6.12. The summed E-state index contributed by atoms with van der Waals surface area (Å²) in [6, 6.07) is 6.31. The van der Waals surface area contributed by atoms with Gasteiger partial charge in [0.15, 0.2) is 0 Å². The molecule has 0 aliphatic carbocycles. The number of unbranched alkanes of at least 4 members (excludes halogenated alkanes) is 11. The number of carbonyl (C=O) groups is 2. The first-order chi connectivity index (χ1) is 20.3. The number of hydrogen-bond donors (Lipinski definition) is 3. The highest BCUT2D eigenvalue weighted by Crippen LogP contribution is 2.32. The molecule has 3 aliphatic heterocycles. The van der Waals surface area contributed by atoms with Crippen LogP contribution in [0.25, 0.3) is 0 Å². The van der Waals surface area contributed by atoms with E-state index in [0.29, 0.717) is 25.9 Å². The molecule has 3 aliphatic rings. The second-order valence-electron chi connectivity index (χ2n) is 12.5. The van der Waals surface area contributed by atoms with Gasteiger partial charge in [0.25, 0.3) is 0 Å². The van der Waals surface area contributed by atoms with E-state index in [4.69, 9.17) is 5.73 Å². The van der Waals surface area contributed by atoms with Gasteiger partial charge in [-0.3, -0.25) is 19.8 Å². The van der Waals surface area contributed by atoms with Crippen molar-refractivity contribution in [2.75, 3.05) is 30.7 Å². The number of hydrogen-bond acceptors (Lipinski definition) is 7. The molecule has 236 valence electrons. The van der Waals surface area contributed by atoms with Crippen LogP contribution in [-0.2, 0) is 32.7 Å². The molecule has 0 bridgehead atoms. The number of benzene rings is 1. The minimum atomic E-state index is -3.10. The Balaban J connectivity index is 0.964. The molecule has 0 spiro atoms. The molecule has 4 rings (SSSR count). The molecule has 0 saturated carbocycles. The molecule has 1 atom stereocenters. The summed E-state index contributed by atoms with van der Waals surface area (Å²) in [5.74, 6) is -0.0347. The molecule has 0 radical (unpaired) electrons. The quantitative estimate of drug-likeness (QED) is 0.165. The molecule has 2 fully saturated rings. The Kier molecular flexibility index (Phi) is 13.1. The van der Waals surface area contributed by atoms with Crippen LogP contribution in [0.5, 0.6) is 0 Å². The van der Waals surface area contributed by atoms with E-state index in [1.165, 1.54) is 68.2 Å². The average Bonchev–Trinajstić information content (AvgIpc) is 3.40. The van der Waals surface area contributed by atoms with Crippen LogP contribution in [-0.4, -0.2) is 66.9 Å². The lowest BCUT2D eigenvalue weighted by molar-refractivity contribution is -0.137. The van der Waals surface area contributed by atoms with Crippen molar-refractivity contribution in [1.82, 2.24) is 14.5 Å². The Morgan fingerprint density at radius 2 is 1.45 bits per heavy atom. The topological polar surface area (TPSA) is 125 Å². The van der Waals surface area contributed by atoms with Crippen molar-refractivity contribution in [2.24, 2.45) is 5.73 Å². The van der Waals surface area contributed by atoms with E-state index in [0.717, 1.165) is 58.2 Å². The lowest BCUT2D eigenvalue weighted by atomic mass is 10.0. The number of rotatable bonds is 18. The summed E-state index contributed by atoms with van der Waals surface area (Å²) in [6.45, 7) is 3.65. The summed E-state index contributed by atoms with van der Waals surface area (Å²) < 4.78 is 26.6. The van der Waals surface area contributed by atoms with Crippen LogP contribution >= 0.6 is 0 Å². The van der Waals surface area contributed by atoms with Gasteiger partial charge in [0, 0.05) is 50.9 Å². The van der Waals surface area contributed by atoms with Gasteiger partial charge in [0.2, 0.25) is 21.8 Å². The summed E-state index contributed by atoms with van der Waals surface area (Å²) in [5.41, 5.74) is 9.63. The number of anilines is 1. The monoisotopic (exact) mass is 603 g/mol. The fraction of sp³-hybridized carbons (Fsp3) is 0.750. The molecular weight excluding hydrogens is 550 g/mol. The van der Waals surface area contributed by atoms with Gasteiger partial charge in [-0.05, 0) is 49.3 Å². The zero-order valence-corrected chi connectivity index (χ0v) is 26.3. The molecule has 4 N–H and O–H groups in total. The zero-order chi connectivity index (χ0) is 29.8. The van der Waals surface area contributed by atoms with E-state index in [1.54, 1.807) is 4.31 Å². The molecule has 0 aromatic heterocycles. The Morgan fingerprint density at radius 1 is 0.833 bits per heavy atom. The highest BCUT2D eigenvalue weighted by Gasteiger charge is 2.35. The van der Waals surface area contributed by atoms with Gasteiger partial charge in [0.1, 0.15) is 0 Å². The molecule has 9 nitrogen and oxygen atoms in total. The third-order valence-electron chi connectivity index (χ3n) is 9.20. The minimum absolute atomic E-state index is 0.157. The van der Waals surface area contributed by atoms with Crippen molar-refractivity contribution in [3.63, 3.8) is 0 Å². The third-order valence-corrected chi connectivity index (χ3v) is 11.2. The predicted molar refractivity (Wildman–Crippen MR) is 168 cm³/mol. The number of imide groups is 1. The van der Waals surface area contributed by atoms with E-state index >= 15 is 0 Å². The second kappa shape index (κ2) is 16.7. The van der Waals surface area contributed by atoms with Crippen molar-refractivity contribution in [2.45, 2.75) is 128 Å². The predicted octanol–water partition coefficient (Wildman–Crippen LogP) is 4.65. The third kappa shape index (κ3) is 10.0. The molecule has 2 amide bonds. The van der Waals surface area contributed by atoms with Crippen LogP contribution in [0.3, 0.4) is 0 Å². The standard InChI is InChI=1S/C32H53N5O4S/c33-27-18-21-37(22-19-27)42(40,41)23-12-10-8-6-4-2-1-3-5-7-9-11-20-34-29-15-13-14-26-24-36(25-28(26)29)30-16-17-31(38)35-32(30)39/h13-15,27,30,34H,1-12,16-25,33H2,(H,35,38,39). The first-order valence-corrected chi connectivity index (χ1v) is 18.1. The number of sulfonamides is 1. The van der Waals surface area contributed by atoms with E-state index < -0.39 is 10.0 Å². The smallest absolute Gasteiger partial charge is 0.243 e. The normalized spacial score (nSPS) is 20.5. The van der Waals surface area contributed by atoms with Gasteiger partial charge in [-0.1, -0.05) is 76.3 Å². The molecule has 42 heavy (non-hydrogen) atoms. The van der Waals surface area contributed by atoms with E-state index in [9.17, 15) is 18.0 Å². The number of amides is 2. The van der Waals surface area contributed by atoms with Gasteiger partial charge in [0.05, 0.1) is 11.8 Å².